The average molecular weight is 252 g/mol. The third kappa shape index (κ3) is 3.73. The molecule has 0 aromatic rings. The lowest BCUT2D eigenvalue weighted by molar-refractivity contribution is -0.150. The van der Waals surface area contributed by atoms with E-state index in [2.05, 4.69) is 0 Å². The SMILES string of the molecule is CO[C@@H]1C[C@@H](OS(C)(=O)=O)CC[C@H]1C(=O)O. The second kappa shape index (κ2) is 5.11. The van der Waals surface area contributed by atoms with Crippen LogP contribution in [0.3, 0.4) is 0 Å². The zero-order valence-corrected chi connectivity index (χ0v) is 10.1. The van der Waals surface area contributed by atoms with E-state index in [1.165, 1.54) is 7.11 Å². The van der Waals surface area contributed by atoms with E-state index in [0.717, 1.165) is 6.26 Å². The summed E-state index contributed by atoms with van der Waals surface area (Å²) in [6.07, 6.45) is 1.10. The number of carboxylic acid groups (broad SMARTS) is 1. The van der Waals surface area contributed by atoms with E-state index in [9.17, 15) is 13.2 Å². The summed E-state index contributed by atoms with van der Waals surface area (Å²) in [5.74, 6) is -1.49. The van der Waals surface area contributed by atoms with Gasteiger partial charge in [0.1, 0.15) is 0 Å². The number of carbonyl (C=O) groups is 1. The van der Waals surface area contributed by atoms with Gasteiger partial charge in [0.25, 0.3) is 10.1 Å². The number of carboxylic acids is 1. The fourth-order valence-electron chi connectivity index (χ4n) is 1.97. The van der Waals surface area contributed by atoms with Crippen molar-refractivity contribution >= 4 is 16.1 Å². The van der Waals surface area contributed by atoms with Crippen LogP contribution in [0.15, 0.2) is 0 Å². The third-order valence-corrected chi connectivity index (χ3v) is 3.30. The Labute approximate surface area is 94.7 Å². The van der Waals surface area contributed by atoms with Gasteiger partial charge in [-0.3, -0.25) is 8.98 Å². The van der Waals surface area contributed by atoms with Gasteiger partial charge in [0, 0.05) is 13.5 Å². The van der Waals surface area contributed by atoms with Crippen LogP contribution in [0.2, 0.25) is 0 Å². The summed E-state index contributed by atoms with van der Waals surface area (Å²) in [5.41, 5.74) is 0. The summed E-state index contributed by atoms with van der Waals surface area (Å²) in [4.78, 5) is 10.9. The monoisotopic (exact) mass is 252 g/mol. The number of ether oxygens (including phenoxy) is 1. The van der Waals surface area contributed by atoms with Crippen LogP contribution in [0.1, 0.15) is 19.3 Å². The van der Waals surface area contributed by atoms with Crippen LogP contribution < -0.4 is 0 Å². The van der Waals surface area contributed by atoms with E-state index in [1.54, 1.807) is 0 Å². The Balaban J connectivity index is 2.62. The van der Waals surface area contributed by atoms with Crippen molar-refractivity contribution in [3.05, 3.63) is 0 Å². The summed E-state index contributed by atoms with van der Waals surface area (Å²) < 4.78 is 31.8. The lowest BCUT2D eigenvalue weighted by atomic mass is 9.85. The highest BCUT2D eigenvalue weighted by Crippen LogP contribution is 2.29. The molecule has 0 bridgehead atoms. The number of aliphatic carboxylic acids is 1. The quantitative estimate of drug-likeness (QED) is 0.720. The first-order valence-electron chi connectivity index (χ1n) is 4.97. The molecule has 0 radical (unpaired) electrons. The maximum absolute atomic E-state index is 10.9. The number of rotatable bonds is 4. The normalized spacial score (nSPS) is 31.2. The zero-order valence-electron chi connectivity index (χ0n) is 9.25. The van der Waals surface area contributed by atoms with Crippen molar-refractivity contribution in [2.24, 2.45) is 5.92 Å². The van der Waals surface area contributed by atoms with Gasteiger partial charge in [-0.2, -0.15) is 8.42 Å². The molecule has 1 aliphatic rings. The second-order valence-electron chi connectivity index (χ2n) is 3.95. The highest BCUT2D eigenvalue weighted by molar-refractivity contribution is 7.86. The van der Waals surface area contributed by atoms with E-state index in [-0.39, 0.29) is 0 Å². The van der Waals surface area contributed by atoms with Gasteiger partial charge in [-0.25, -0.2) is 0 Å². The van der Waals surface area contributed by atoms with Gasteiger partial charge < -0.3 is 9.84 Å². The van der Waals surface area contributed by atoms with Crippen molar-refractivity contribution < 1.29 is 27.2 Å². The van der Waals surface area contributed by atoms with E-state index >= 15 is 0 Å². The van der Waals surface area contributed by atoms with Crippen LogP contribution in [0.25, 0.3) is 0 Å². The molecule has 1 N–H and O–H groups in total. The standard InChI is InChI=1S/C9H16O6S/c1-14-8-5-6(15-16(2,12)13)3-4-7(8)9(10)11/h6-8H,3-5H2,1-2H3,(H,10,11)/t6-,7+,8+/m0/s1. The molecule has 1 rings (SSSR count). The van der Waals surface area contributed by atoms with Gasteiger partial charge in [0.15, 0.2) is 0 Å². The van der Waals surface area contributed by atoms with Gasteiger partial charge in [-0.05, 0) is 12.8 Å². The minimum Gasteiger partial charge on any atom is -0.481 e. The fraction of sp³-hybridized carbons (Fsp3) is 0.889. The van der Waals surface area contributed by atoms with E-state index in [0.29, 0.717) is 19.3 Å². The predicted octanol–water partition coefficient (Wildman–Crippen LogP) is 0.231. The smallest absolute Gasteiger partial charge is 0.309 e. The van der Waals surface area contributed by atoms with Gasteiger partial charge in [0.05, 0.1) is 24.4 Å². The minimum atomic E-state index is -3.50. The van der Waals surface area contributed by atoms with Crippen molar-refractivity contribution in [3.63, 3.8) is 0 Å². The maximum atomic E-state index is 10.9. The Morgan fingerprint density at radius 2 is 2.00 bits per heavy atom. The molecule has 6 nitrogen and oxygen atoms in total. The third-order valence-electron chi connectivity index (χ3n) is 2.67. The Morgan fingerprint density at radius 1 is 1.38 bits per heavy atom. The second-order valence-corrected chi connectivity index (χ2v) is 5.55. The molecule has 1 aliphatic carbocycles. The molecule has 0 unspecified atom stereocenters. The van der Waals surface area contributed by atoms with Gasteiger partial charge >= 0.3 is 5.97 Å². The molecular formula is C9H16O6S. The molecule has 0 aromatic heterocycles. The number of methoxy groups -OCH3 is 1. The highest BCUT2D eigenvalue weighted by atomic mass is 32.2. The molecular weight excluding hydrogens is 236 g/mol. The van der Waals surface area contributed by atoms with Crippen LogP contribution in [0.5, 0.6) is 0 Å². The van der Waals surface area contributed by atoms with Crippen molar-refractivity contribution in [3.8, 4) is 0 Å². The Bertz CT molecular complexity index is 349. The molecule has 1 fully saturated rings. The van der Waals surface area contributed by atoms with E-state index in [1.807, 2.05) is 0 Å². The molecule has 0 aromatic carbocycles. The number of hydrogen-bond donors (Lipinski definition) is 1. The summed E-state index contributed by atoms with van der Waals surface area (Å²) in [7, 11) is -2.08. The molecule has 0 aliphatic heterocycles. The van der Waals surface area contributed by atoms with Crippen LogP contribution in [-0.4, -0.2) is 45.1 Å². The molecule has 0 spiro atoms. The van der Waals surface area contributed by atoms with Crippen LogP contribution in [0.4, 0.5) is 0 Å². The predicted molar refractivity (Wildman–Crippen MR) is 55.5 cm³/mol. The Morgan fingerprint density at radius 3 is 2.44 bits per heavy atom. The fourth-order valence-corrected chi connectivity index (χ4v) is 2.64. The lowest BCUT2D eigenvalue weighted by Crippen LogP contribution is -2.39. The maximum Gasteiger partial charge on any atom is 0.309 e. The summed E-state index contributed by atoms with van der Waals surface area (Å²) >= 11 is 0. The van der Waals surface area contributed by atoms with Gasteiger partial charge in [-0.1, -0.05) is 0 Å². The summed E-state index contributed by atoms with van der Waals surface area (Å²) in [6, 6.07) is 0. The molecule has 0 heterocycles. The van der Waals surface area contributed by atoms with Crippen LogP contribution >= 0.6 is 0 Å². The van der Waals surface area contributed by atoms with Crippen molar-refractivity contribution in [2.75, 3.05) is 13.4 Å². The first-order chi connectivity index (χ1) is 7.33. The molecule has 1 saturated carbocycles. The van der Waals surface area contributed by atoms with Gasteiger partial charge in [-0.15, -0.1) is 0 Å². The lowest BCUT2D eigenvalue weighted by Gasteiger charge is -2.32. The molecule has 0 amide bonds. The van der Waals surface area contributed by atoms with Crippen molar-refractivity contribution in [1.29, 1.82) is 0 Å². The van der Waals surface area contributed by atoms with E-state index in [4.69, 9.17) is 14.0 Å². The summed E-state index contributed by atoms with van der Waals surface area (Å²) in [5, 5.41) is 8.92. The van der Waals surface area contributed by atoms with E-state index < -0.39 is 34.2 Å². The number of hydrogen-bond acceptors (Lipinski definition) is 5. The van der Waals surface area contributed by atoms with Gasteiger partial charge in [0.2, 0.25) is 0 Å². The average Bonchev–Trinajstić information content (AvgIpc) is 2.14. The first-order valence-corrected chi connectivity index (χ1v) is 6.79. The van der Waals surface area contributed by atoms with Crippen LogP contribution in [-0.2, 0) is 23.8 Å². The highest BCUT2D eigenvalue weighted by Gasteiger charge is 2.36. The molecule has 94 valence electrons. The summed E-state index contributed by atoms with van der Waals surface area (Å²) in [6.45, 7) is 0. The Kier molecular flexibility index (Phi) is 4.28. The molecule has 7 heteroatoms. The molecule has 3 atom stereocenters. The Hall–Kier alpha value is -0.660. The minimum absolute atomic E-state index is 0.292. The molecule has 0 saturated heterocycles. The largest absolute Gasteiger partial charge is 0.481 e. The molecule has 16 heavy (non-hydrogen) atoms. The first kappa shape index (κ1) is 13.4. The topological polar surface area (TPSA) is 89.9 Å². The van der Waals surface area contributed by atoms with Crippen molar-refractivity contribution in [1.82, 2.24) is 0 Å². The van der Waals surface area contributed by atoms with Crippen LogP contribution in [0, 0.1) is 5.92 Å². The zero-order chi connectivity index (χ0) is 12.3. The van der Waals surface area contributed by atoms with Crippen molar-refractivity contribution in [2.45, 2.75) is 31.5 Å².